The van der Waals surface area contributed by atoms with Gasteiger partial charge in [-0.3, -0.25) is 33.6 Å². The van der Waals surface area contributed by atoms with Gasteiger partial charge in [-0.1, -0.05) is 0 Å². The number of rotatable bonds is 19. The van der Waals surface area contributed by atoms with E-state index in [2.05, 4.69) is 16.0 Å². The summed E-state index contributed by atoms with van der Waals surface area (Å²) in [5.74, 6) is -8.11. The third-order valence-electron chi connectivity index (χ3n) is 4.92. The number of nitrogens with one attached hydrogen (secondary N) is 3. The molecular formula is C20H33N7O10. The van der Waals surface area contributed by atoms with Gasteiger partial charge in [-0.15, -0.1) is 0 Å². The Morgan fingerprint density at radius 1 is 0.541 bits per heavy atom. The summed E-state index contributed by atoms with van der Waals surface area (Å²) >= 11 is 0. The van der Waals surface area contributed by atoms with E-state index in [1.165, 1.54) is 0 Å². The van der Waals surface area contributed by atoms with Gasteiger partial charge in [-0.2, -0.15) is 0 Å². The number of carbonyl (C=O) groups is 8. The molecule has 0 aromatic rings. The quantitative estimate of drug-likeness (QED) is 0.0764. The molecule has 0 aromatic carbocycles. The molecule has 17 nitrogen and oxygen atoms in total. The maximum absolute atomic E-state index is 12.9. The number of amides is 6. The SMILES string of the molecule is NC(=O)CCC(NC(=O)C(CCC(N)=O)NC(=O)C(CCC(N)=O)NC(=O)C(N)CCC(=O)O)C(=O)O. The number of hydrogen-bond donors (Lipinski definition) is 9. The molecule has 208 valence electrons. The van der Waals surface area contributed by atoms with Crippen molar-refractivity contribution in [2.45, 2.75) is 75.5 Å². The summed E-state index contributed by atoms with van der Waals surface area (Å²) in [5.41, 5.74) is 20.8. The molecule has 0 heterocycles. The highest BCUT2D eigenvalue weighted by molar-refractivity contribution is 5.94. The van der Waals surface area contributed by atoms with Crippen LogP contribution in [0.2, 0.25) is 0 Å². The monoisotopic (exact) mass is 531 g/mol. The molecule has 0 fully saturated rings. The number of aliphatic carboxylic acids is 2. The van der Waals surface area contributed by atoms with Gasteiger partial charge in [0.15, 0.2) is 0 Å². The summed E-state index contributed by atoms with van der Waals surface area (Å²) in [6.45, 7) is 0. The van der Waals surface area contributed by atoms with E-state index in [1.54, 1.807) is 0 Å². The van der Waals surface area contributed by atoms with E-state index in [0.717, 1.165) is 0 Å². The van der Waals surface area contributed by atoms with Crippen LogP contribution in [0.15, 0.2) is 0 Å². The molecule has 37 heavy (non-hydrogen) atoms. The molecule has 0 rings (SSSR count). The molecule has 0 aromatic heterocycles. The molecule has 0 bridgehead atoms. The predicted octanol–water partition coefficient (Wildman–Crippen LogP) is -4.49. The first-order valence-corrected chi connectivity index (χ1v) is 11.1. The van der Waals surface area contributed by atoms with Crippen LogP contribution in [0, 0.1) is 0 Å². The van der Waals surface area contributed by atoms with Crippen molar-refractivity contribution in [2.75, 3.05) is 0 Å². The zero-order chi connectivity index (χ0) is 28.7. The van der Waals surface area contributed by atoms with Crippen LogP contribution in [0.3, 0.4) is 0 Å². The second-order valence-corrected chi connectivity index (χ2v) is 8.08. The highest BCUT2D eigenvalue weighted by Crippen LogP contribution is 2.06. The molecule has 0 aliphatic carbocycles. The van der Waals surface area contributed by atoms with Gasteiger partial charge < -0.3 is 49.1 Å². The number of carboxylic acid groups (broad SMARTS) is 2. The smallest absolute Gasteiger partial charge is 0.326 e. The molecule has 0 spiro atoms. The lowest BCUT2D eigenvalue weighted by Gasteiger charge is -2.25. The maximum atomic E-state index is 12.9. The van der Waals surface area contributed by atoms with E-state index in [-0.39, 0.29) is 38.5 Å². The van der Waals surface area contributed by atoms with Crippen molar-refractivity contribution in [3.8, 4) is 0 Å². The average molecular weight is 532 g/mol. The fourth-order valence-electron chi connectivity index (χ4n) is 2.89. The minimum atomic E-state index is -1.55. The van der Waals surface area contributed by atoms with E-state index < -0.39 is 84.4 Å². The van der Waals surface area contributed by atoms with Crippen molar-refractivity contribution in [2.24, 2.45) is 22.9 Å². The molecule has 0 aliphatic heterocycles. The van der Waals surface area contributed by atoms with Crippen LogP contribution < -0.4 is 38.9 Å². The standard InChI is InChI=1S/C20H33N7O10/c21-9(1-8-16(31)32)17(33)25-10(2-5-13(22)28)18(34)26-11(3-6-14(23)29)19(35)27-12(20(36)37)4-7-15(24)30/h9-12H,1-8,21H2,(H2,22,28)(H2,23,29)(H2,24,30)(H,25,33)(H,26,34)(H,27,35)(H,31,32)(H,36,37). The summed E-state index contributed by atoms with van der Waals surface area (Å²) in [4.78, 5) is 93.5. The summed E-state index contributed by atoms with van der Waals surface area (Å²) in [6.07, 6.45) is -2.83. The highest BCUT2D eigenvalue weighted by atomic mass is 16.4. The van der Waals surface area contributed by atoms with Crippen molar-refractivity contribution in [3.63, 3.8) is 0 Å². The minimum Gasteiger partial charge on any atom is -0.481 e. The highest BCUT2D eigenvalue weighted by Gasteiger charge is 2.31. The van der Waals surface area contributed by atoms with Crippen LogP contribution >= 0.6 is 0 Å². The summed E-state index contributed by atoms with van der Waals surface area (Å²) in [5, 5.41) is 24.6. The molecule has 17 heteroatoms. The van der Waals surface area contributed by atoms with Crippen LogP contribution in [0.4, 0.5) is 0 Å². The normalized spacial score (nSPS) is 13.8. The fourth-order valence-corrected chi connectivity index (χ4v) is 2.89. The third kappa shape index (κ3) is 14.7. The van der Waals surface area contributed by atoms with Crippen LogP contribution in [-0.4, -0.2) is 81.8 Å². The first-order valence-electron chi connectivity index (χ1n) is 11.1. The van der Waals surface area contributed by atoms with E-state index in [9.17, 15) is 43.5 Å². The first kappa shape index (κ1) is 32.7. The second-order valence-electron chi connectivity index (χ2n) is 8.08. The molecule has 4 atom stereocenters. The van der Waals surface area contributed by atoms with Gasteiger partial charge in [0.25, 0.3) is 0 Å². The Balaban J connectivity index is 5.64. The Labute approximate surface area is 211 Å². The molecule has 0 saturated carbocycles. The molecular weight excluding hydrogens is 498 g/mol. The van der Waals surface area contributed by atoms with Crippen LogP contribution in [-0.2, 0) is 38.4 Å². The lowest BCUT2D eigenvalue weighted by Crippen LogP contribution is -2.57. The van der Waals surface area contributed by atoms with Crippen molar-refractivity contribution in [1.82, 2.24) is 16.0 Å². The number of primary amides is 3. The molecule has 0 radical (unpaired) electrons. The number of carboxylic acids is 2. The first-order chi connectivity index (χ1) is 17.1. The molecule has 0 aliphatic rings. The largest absolute Gasteiger partial charge is 0.481 e. The average Bonchev–Trinajstić information content (AvgIpc) is 2.79. The summed E-state index contributed by atoms with van der Waals surface area (Å²) in [7, 11) is 0. The predicted molar refractivity (Wildman–Crippen MR) is 124 cm³/mol. The van der Waals surface area contributed by atoms with Crippen LogP contribution in [0.25, 0.3) is 0 Å². The molecule has 4 unspecified atom stereocenters. The summed E-state index contributed by atoms with van der Waals surface area (Å²) < 4.78 is 0. The van der Waals surface area contributed by atoms with Crippen LogP contribution in [0.1, 0.15) is 51.4 Å². The lowest BCUT2D eigenvalue weighted by molar-refractivity contribution is -0.143. The maximum Gasteiger partial charge on any atom is 0.326 e. The van der Waals surface area contributed by atoms with E-state index >= 15 is 0 Å². The van der Waals surface area contributed by atoms with Crippen molar-refractivity contribution >= 4 is 47.4 Å². The Bertz CT molecular complexity index is 895. The van der Waals surface area contributed by atoms with Crippen molar-refractivity contribution in [3.05, 3.63) is 0 Å². The number of hydrogen-bond acceptors (Lipinski definition) is 9. The Kier molecular flexibility index (Phi) is 14.5. The number of carbonyl (C=O) groups excluding carboxylic acids is 6. The van der Waals surface area contributed by atoms with Gasteiger partial charge in [0, 0.05) is 25.7 Å². The van der Waals surface area contributed by atoms with Crippen LogP contribution in [0.5, 0.6) is 0 Å². The third-order valence-corrected chi connectivity index (χ3v) is 4.92. The lowest BCUT2D eigenvalue weighted by atomic mass is 10.0. The Hall–Kier alpha value is -4.28. The molecule has 6 amide bonds. The van der Waals surface area contributed by atoms with E-state index in [4.69, 9.17) is 28.0 Å². The van der Waals surface area contributed by atoms with E-state index in [1.807, 2.05) is 0 Å². The minimum absolute atomic E-state index is 0.253. The topological polar surface area (TPSA) is 317 Å². The van der Waals surface area contributed by atoms with Crippen molar-refractivity contribution in [1.29, 1.82) is 0 Å². The molecule has 0 saturated heterocycles. The van der Waals surface area contributed by atoms with Gasteiger partial charge in [-0.05, 0) is 25.7 Å². The van der Waals surface area contributed by atoms with E-state index in [0.29, 0.717) is 0 Å². The zero-order valence-electron chi connectivity index (χ0n) is 19.9. The van der Waals surface area contributed by atoms with Gasteiger partial charge in [0.05, 0.1) is 6.04 Å². The van der Waals surface area contributed by atoms with Gasteiger partial charge in [0.2, 0.25) is 35.4 Å². The van der Waals surface area contributed by atoms with Gasteiger partial charge in [-0.25, -0.2) is 4.79 Å². The van der Waals surface area contributed by atoms with Crippen molar-refractivity contribution < 1.29 is 48.6 Å². The number of nitrogens with two attached hydrogens (primary N) is 4. The second kappa shape index (κ2) is 16.4. The fraction of sp³-hybridized carbons (Fsp3) is 0.600. The Morgan fingerprint density at radius 2 is 0.892 bits per heavy atom. The zero-order valence-corrected chi connectivity index (χ0v) is 19.9. The summed E-state index contributed by atoms with van der Waals surface area (Å²) in [6, 6.07) is -5.82. The van der Waals surface area contributed by atoms with Gasteiger partial charge in [0.1, 0.15) is 18.1 Å². The molecule has 13 N–H and O–H groups in total. The Morgan fingerprint density at radius 3 is 1.24 bits per heavy atom. The van der Waals surface area contributed by atoms with Gasteiger partial charge >= 0.3 is 11.9 Å².